The summed E-state index contributed by atoms with van der Waals surface area (Å²) in [7, 11) is -3.85. The van der Waals surface area contributed by atoms with Gasteiger partial charge in [0.1, 0.15) is 12.6 Å². The van der Waals surface area contributed by atoms with Gasteiger partial charge in [-0.05, 0) is 62.1 Å². The van der Waals surface area contributed by atoms with Crippen LogP contribution >= 0.6 is 34.8 Å². The van der Waals surface area contributed by atoms with Gasteiger partial charge in [0.2, 0.25) is 21.8 Å². The van der Waals surface area contributed by atoms with Crippen LogP contribution in [0.25, 0.3) is 0 Å². The number of anilines is 1. The fourth-order valence-corrected chi connectivity index (χ4v) is 5.82. The summed E-state index contributed by atoms with van der Waals surface area (Å²) in [6, 6.07) is 9.02. The van der Waals surface area contributed by atoms with Gasteiger partial charge < -0.3 is 10.2 Å². The van der Waals surface area contributed by atoms with E-state index in [0.717, 1.165) is 42.7 Å². The topological polar surface area (TPSA) is 86.8 Å². The van der Waals surface area contributed by atoms with E-state index in [0.29, 0.717) is 31.9 Å². The molecule has 1 fully saturated rings. The van der Waals surface area contributed by atoms with Crippen molar-refractivity contribution in [2.24, 2.45) is 0 Å². The molecular formula is C26H32Cl3N3O4S. The van der Waals surface area contributed by atoms with Crippen LogP contribution in [-0.2, 0) is 26.2 Å². The van der Waals surface area contributed by atoms with Crippen molar-refractivity contribution < 1.29 is 18.0 Å². The molecule has 1 saturated carbocycles. The summed E-state index contributed by atoms with van der Waals surface area (Å²) >= 11 is 18.4. The molecule has 0 heterocycles. The normalized spacial score (nSPS) is 15.2. The van der Waals surface area contributed by atoms with Gasteiger partial charge in [0.25, 0.3) is 0 Å². The van der Waals surface area contributed by atoms with Crippen LogP contribution in [0.2, 0.25) is 15.1 Å². The summed E-state index contributed by atoms with van der Waals surface area (Å²) in [4.78, 5) is 28.3. The molecule has 1 unspecified atom stereocenters. The Hall–Kier alpha value is -2.00. The van der Waals surface area contributed by atoms with Crippen LogP contribution in [0, 0.1) is 6.92 Å². The Kier molecular flexibility index (Phi) is 10.1. The summed E-state index contributed by atoms with van der Waals surface area (Å²) in [6.07, 6.45) is 6.07. The van der Waals surface area contributed by atoms with Gasteiger partial charge in [-0.25, -0.2) is 8.42 Å². The van der Waals surface area contributed by atoms with Gasteiger partial charge in [-0.15, -0.1) is 0 Å². The van der Waals surface area contributed by atoms with E-state index in [1.807, 2.05) is 0 Å². The van der Waals surface area contributed by atoms with Crippen molar-refractivity contribution in [1.82, 2.24) is 10.2 Å². The number of carbonyl (C=O) groups is 2. The van der Waals surface area contributed by atoms with Gasteiger partial charge >= 0.3 is 0 Å². The van der Waals surface area contributed by atoms with Crippen molar-refractivity contribution in [1.29, 1.82) is 0 Å². The zero-order valence-corrected chi connectivity index (χ0v) is 24.2. The molecule has 1 N–H and O–H groups in total. The lowest BCUT2D eigenvalue weighted by atomic mass is 9.95. The van der Waals surface area contributed by atoms with E-state index in [1.54, 1.807) is 44.2 Å². The first-order valence-corrected chi connectivity index (χ1v) is 15.1. The van der Waals surface area contributed by atoms with Gasteiger partial charge in [-0.2, -0.15) is 0 Å². The molecule has 202 valence electrons. The standard InChI is InChI=1S/C26H32Cl3N3O4S/c1-17-9-11-20(27)14-24(17)32(37(3,35)36)16-25(33)31(15-19-10-12-22(28)23(29)13-19)18(2)26(34)30-21-7-5-4-6-8-21/h9-14,18,21H,4-8,15-16H2,1-3H3,(H,30,34). The molecule has 1 aliphatic carbocycles. The van der Waals surface area contributed by atoms with Gasteiger partial charge in [0.05, 0.1) is 22.0 Å². The second-order valence-corrected chi connectivity index (χ2v) is 12.6. The number of nitrogens with one attached hydrogen (secondary N) is 1. The zero-order valence-electron chi connectivity index (χ0n) is 21.1. The minimum Gasteiger partial charge on any atom is -0.352 e. The van der Waals surface area contributed by atoms with Crippen LogP contribution in [-0.4, -0.2) is 50.0 Å². The van der Waals surface area contributed by atoms with Crippen LogP contribution in [0.3, 0.4) is 0 Å². The predicted octanol–water partition coefficient (Wildman–Crippen LogP) is 5.59. The number of amides is 2. The molecule has 2 aromatic carbocycles. The molecule has 0 spiro atoms. The van der Waals surface area contributed by atoms with Crippen LogP contribution in [0.1, 0.15) is 50.2 Å². The Morgan fingerprint density at radius 3 is 2.32 bits per heavy atom. The fourth-order valence-electron chi connectivity index (χ4n) is 4.43. The molecule has 3 rings (SSSR count). The van der Waals surface area contributed by atoms with E-state index in [-0.39, 0.29) is 18.5 Å². The first kappa shape index (κ1) is 29.6. The third-order valence-corrected chi connectivity index (χ3v) is 8.68. The Morgan fingerprint density at radius 1 is 1.03 bits per heavy atom. The zero-order chi connectivity index (χ0) is 27.3. The fraction of sp³-hybridized carbons (Fsp3) is 0.462. The molecule has 0 bridgehead atoms. The highest BCUT2D eigenvalue weighted by Gasteiger charge is 2.31. The lowest BCUT2D eigenvalue weighted by Gasteiger charge is -2.33. The monoisotopic (exact) mass is 587 g/mol. The second-order valence-electron chi connectivity index (χ2n) is 9.49. The molecule has 1 atom stereocenters. The molecule has 0 aliphatic heterocycles. The van der Waals surface area contributed by atoms with E-state index < -0.39 is 28.5 Å². The number of aryl methyl sites for hydroxylation is 1. The summed E-state index contributed by atoms with van der Waals surface area (Å²) < 4.78 is 26.5. The lowest BCUT2D eigenvalue weighted by Crippen LogP contribution is -2.53. The van der Waals surface area contributed by atoms with Gasteiger partial charge in [0.15, 0.2) is 0 Å². The molecule has 1 aliphatic rings. The van der Waals surface area contributed by atoms with E-state index in [1.165, 1.54) is 11.0 Å². The number of hydrogen-bond donors (Lipinski definition) is 1. The molecule has 11 heteroatoms. The molecular weight excluding hydrogens is 557 g/mol. The van der Waals surface area contributed by atoms with Crippen molar-refractivity contribution in [2.45, 2.75) is 64.6 Å². The van der Waals surface area contributed by atoms with Crippen molar-refractivity contribution >= 4 is 62.3 Å². The maximum Gasteiger partial charge on any atom is 0.244 e. The third-order valence-electron chi connectivity index (χ3n) is 6.57. The summed E-state index contributed by atoms with van der Waals surface area (Å²) in [6.45, 7) is 2.93. The molecule has 0 radical (unpaired) electrons. The van der Waals surface area contributed by atoms with Crippen LogP contribution in [0.5, 0.6) is 0 Å². The summed E-state index contributed by atoms with van der Waals surface area (Å²) in [5.41, 5.74) is 1.60. The van der Waals surface area contributed by atoms with Crippen molar-refractivity contribution in [3.05, 3.63) is 62.6 Å². The predicted molar refractivity (Wildman–Crippen MR) is 150 cm³/mol. The quantitative estimate of drug-likeness (QED) is 0.414. The van der Waals surface area contributed by atoms with Crippen LogP contribution in [0.15, 0.2) is 36.4 Å². The molecule has 2 amide bonds. The second kappa shape index (κ2) is 12.7. The minimum absolute atomic E-state index is 0.0428. The molecule has 0 saturated heterocycles. The molecule has 7 nitrogen and oxygen atoms in total. The highest BCUT2D eigenvalue weighted by molar-refractivity contribution is 7.92. The Labute approximate surface area is 234 Å². The van der Waals surface area contributed by atoms with Gasteiger partial charge in [-0.1, -0.05) is 66.2 Å². The van der Waals surface area contributed by atoms with Crippen LogP contribution in [0.4, 0.5) is 5.69 Å². The van der Waals surface area contributed by atoms with E-state index >= 15 is 0 Å². The summed E-state index contributed by atoms with van der Waals surface area (Å²) in [5, 5.41) is 4.09. The minimum atomic E-state index is -3.85. The highest BCUT2D eigenvalue weighted by Crippen LogP contribution is 2.28. The lowest BCUT2D eigenvalue weighted by molar-refractivity contribution is -0.139. The van der Waals surface area contributed by atoms with Gasteiger partial charge in [0, 0.05) is 17.6 Å². The number of rotatable bonds is 9. The number of carbonyl (C=O) groups excluding carboxylic acids is 2. The van der Waals surface area contributed by atoms with Crippen molar-refractivity contribution in [3.8, 4) is 0 Å². The molecule has 2 aromatic rings. The molecule has 37 heavy (non-hydrogen) atoms. The van der Waals surface area contributed by atoms with Crippen molar-refractivity contribution in [2.75, 3.05) is 17.1 Å². The van der Waals surface area contributed by atoms with E-state index in [4.69, 9.17) is 34.8 Å². The Balaban J connectivity index is 1.92. The maximum atomic E-state index is 13.7. The number of hydrogen-bond acceptors (Lipinski definition) is 4. The first-order chi connectivity index (χ1) is 17.4. The Morgan fingerprint density at radius 2 is 1.70 bits per heavy atom. The van der Waals surface area contributed by atoms with Crippen LogP contribution < -0.4 is 9.62 Å². The average molecular weight is 589 g/mol. The largest absolute Gasteiger partial charge is 0.352 e. The Bertz CT molecular complexity index is 1250. The van der Waals surface area contributed by atoms with Gasteiger partial charge in [-0.3, -0.25) is 13.9 Å². The number of sulfonamides is 1. The molecule has 0 aromatic heterocycles. The maximum absolute atomic E-state index is 13.7. The summed E-state index contributed by atoms with van der Waals surface area (Å²) in [5.74, 6) is -0.827. The smallest absolute Gasteiger partial charge is 0.244 e. The number of benzene rings is 2. The first-order valence-electron chi connectivity index (χ1n) is 12.1. The highest BCUT2D eigenvalue weighted by atomic mass is 35.5. The average Bonchev–Trinajstić information content (AvgIpc) is 2.84. The van der Waals surface area contributed by atoms with E-state index in [2.05, 4.69) is 5.32 Å². The third kappa shape index (κ3) is 7.99. The van der Waals surface area contributed by atoms with E-state index in [9.17, 15) is 18.0 Å². The SMILES string of the molecule is Cc1ccc(Cl)cc1N(CC(=O)N(Cc1ccc(Cl)c(Cl)c1)C(C)C(=O)NC1CCCCC1)S(C)(=O)=O. The van der Waals surface area contributed by atoms with Crippen molar-refractivity contribution in [3.63, 3.8) is 0 Å². The number of nitrogens with zero attached hydrogens (tertiary/aromatic N) is 2. The number of halogens is 3.